The van der Waals surface area contributed by atoms with Crippen LogP contribution in [0.25, 0.3) is 11.1 Å². The highest BCUT2D eigenvalue weighted by Gasteiger charge is 2.29. The van der Waals surface area contributed by atoms with Crippen molar-refractivity contribution in [2.45, 2.75) is 4.90 Å². The molecule has 0 amide bonds. The molecule has 10 heteroatoms. The van der Waals surface area contributed by atoms with E-state index in [1.807, 2.05) is 0 Å². The first kappa shape index (κ1) is 18.6. The number of guanidine groups is 1. The average Bonchev–Trinajstić information content (AvgIpc) is 2.57. The van der Waals surface area contributed by atoms with E-state index in [9.17, 15) is 17.2 Å². The SMILES string of the molecule is COCCN=C1Nc2c(-c3cc(F)cc(F)c3Cl)cccc2S(=O)(=O)N1. The number of nitrogens with one attached hydrogen (secondary N) is 2. The van der Waals surface area contributed by atoms with Crippen LogP contribution in [0, 0.1) is 11.6 Å². The van der Waals surface area contributed by atoms with Gasteiger partial charge in [-0.3, -0.25) is 0 Å². The van der Waals surface area contributed by atoms with Gasteiger partial charge in [0, 0.05) is 24.3 Å². The van der Waals surface area contributed by atoms with Gasteiger partial charge in [-0.05, 0) is 12.1 Å². The Bertz CT molecular complexity index is 996. The van der Waals surface area contributed by atoms with Crippen molar-refractivity contribution in [1.82, 2.24) is 4.72 Å². The van der Waals surface area contributed by atoms with E-state index in [1.54, 1.807) is 0 Å². The van der Waals surface area contributed by atoms with Crippen LogP contribution in [-0.4, -0.2) is 34.6 Å². The summed E-state index contributed by atoms with van der Waals surface area (Å²) in [5.41, 5.74) is 0.395. The maximum absolute atomic E-state index is 13.8. The molecule has 0 fully saturated rings. The quantitative estimate of drug-likeness (QED) is 0.609. The largest absolute Gasteiger partial charge is 0.383 e. The molecule has 1 aliphatic rings. The predicted molar refractivity (Wildman–Crippen MR) is 94.9 cm³/mol. The normalized spacial score (nSPS) is 16.7. The summed E-state index contributed by atoms with van der Waals surface area (Å²) in [6.45, 7) is 0.510. The number of sulfonamides is 1. The van der Waals surface area contributed by atoms with Gasteiger partial charge in [0.2, 0.25) is 5.96 Å². The highest BCUT2D eigenvalue weighted by atomic mass is 35.5. The zero-order valence-corrected chi connectivity index (χ0v) is 15.1. The third-order valence-corrected chi connectivity index (χ3v) is 5.40. The number of ether oxygens (including phenoxy) is 1. The van der Waals surface area contributed by atoms with Crippen LogP contribution in [-0.2, 0) is 14.8 Å². The van der Waals surface area contributed by atoms with Crippen molar-refractivity contribution in [3.63, 3.8) is 0 Å². The van der Waals surface area contributed by atoms with Gasteiger partial charge in [0.1, 0.15) is 16.5 Å². The summed E-state index contributed by atoms with van der Waals surface area (Å²) < 4.78 is 59.6. The molecule has 2 aromatic carbocycles. The lowest BCUT2D eigenvalue weighted by molar-refractivity contribution is 0.208. The number of methoxy groups -OCH3 is 1. The van der Waals surface area contributed by atoms with Gasteiger partial charge in [-0.25, -0.2) is 26.9 Å². The fourth-order valence-corrected chi connectivity index (χ4v) is 3.89. The van der Waals surface area contributed by atoms with Gasteiger partial charge in [-0.1, -0.05) is 23.7 Å². The minimum atomic E-state index is -3.91. The summed E-state index contributed by atoms with van der Waals surface area (Å²) in [5, 5.41) is 2.54. The van der Waals surface area contributed by atoms with Crippen molar-refractivity contribution >= 4 is 33.3 Å². The molecule has 2 aromatic rings. The van der Waals surface area contributed by atoms with Crippen LogP contribution in [0.1, 0.15) is 0 Å². The van der Waals surface area contributed by atoms with E-state index in [1.165, 1.54) is 25.3 Å². The van der Waals surface area contributed by atoms with E-state index in [-0.39, 0.29) is 39.2 Å². The fraction of sp³-hybridized carbons (Fsp3) is 0.188. The molecule has 26 heavy (non-hydrogen) atoms. The molecule has 6 nitrogen and oxygen atoms in total. The summed E-state index contributed by atoms with van der Waals surface area (Å²) in [5.74, 6) is -1.79. The van der Waals surface area contributed by atoms with Gasteiger partial charge in [0.05, 0.1) is 23.9 Å². The van der Waals surface area contributed by atoms with Gasteiger partial charge < -0.3 is 10.1 Å². The second-order valence-corrected chi connectivity index (χ2v) is 7.41. The maximum Gasteiger partial charge on any atom is 0.266 e. The minimum Gasteiger partial charge on any atom is -0.383 e. The number of halogens is 3. The Morgan fingerprint density at radius 2 is 2.00 bits per heavy atom. The lowest BCUT2D eigenvalue weighted by Gasteiger charge is -2.24. The molecule has 1 aliphatic heterocycles. The summed E-state index contributed by atoms with van der Waals surface area (Å²) in [6, 6.07) is 6.04. The molecule has 0 spiro atoms. The number of rotatable bonds is 4. The maximum atomic E-state index is 13.8. The Labute approximate surface area is 153 Å². The molecule has 0 aliphatic carbocycles. The van der Waals surface area contributed by atoms with E-state index in [0.29, 0.717) is 12.7 Å². The first-order chi connectivity index (χ1) is 12.3. The molecule has 0 unspecified atom stereocenters. The topological polar surface area (TPSA) is 79.8 Å². The molecule has 3 rings (SSSR count). The van der Waals surface area contributed by atoms with Crippen molar-refractivity contribution in [3.05, 3.63) is 47.0 Å². The summed E-state index contributed by atoms with van der Waals surface area (Å²) in [4.78, 5) is 3.99. The van der Waals surface area contributed by atoms with Gasteiger partial charge >= 0.3 is 0 Å². The molecule has 0 saturated heterocycles. The highest BCUT2D eigenvalue weighted by Crippen LogP contribution is 2.39. The Kier molecular flexibility index (Phi) is 5.12. The molecule has 0 atom stereocenters. The second-order valence-electron chi connectivity index (χ2n) is 5.38. The van der Waals surface area contributed by atoms with E-state index < -0.39 is 21.7 Å². The number of para-hydroxylation sites is 1. The average molecular weight is 402 g/mol. The Morgan fingerprint density at radius 1 is 1.23 bits per heavy atom. The number of aliphatic imine (C=N–C) groups is 1. The van der Waals surface area contributed by atoms with Crippen LogP contribution in [0.15, 0.2) is 40.2 Å². The lowest BCUT2D eigenvalue weighted by atomic mass is 10.0. The van der Waals surface area contributed by atoms with E-state index in [4.69, 9.17) is 16.3 Å². The van der Waals surface area contributed by atoms with Gasteiger partial charge in [-0.2, -0.15) is 0 Å². The molecule has 0 bridgehead atoms. The second kappa shape index (κ2) is 7.18. The molecule has 0 radical (unpaired) electrons. The number of nitrogens with zero attached hydrogens (tertiary/aromatic N) is 1. The monoisotopic (exact) mass is 401 g/mol. The van der Waals surface area contributed by atoms with Crippen molar-refractivity contribution in [2.75, 3.05) is 25.6 Å². The van der Waals surface area contributed by atoms with Crippen molar-refractivity contribution in [2.24, 2.45) is 4.99 Å². The Hall–Kier alpha value is -2.23. The van der Waals surface area contributed by atoms with Crippen molar-refractivity contribution in [1.29, 1.82) is 0 Å². The first-order valence-electron chi connectivity index (χ1n) is 7.44. The Balaban J connectivity index is 2.17. The first-order valence-corrected chi connectivity index (χ1v) is 9.31. The van der Waals surface area contributed by atoms with Crippen LogP contribution in [0.5, 0.6) is 0 Å². The number of hydrogen-bond donors (Lipinski definition) is 2. The molecule has 1 heterocycles. The van der Waals surface area contributed by atoms with Crippen molar-refractivity contribution < 1.29 is 21.9 Å². The number of anilines is 1. The smallest absolute Gasteiger partial charge is 0.266 e. The van der Waals surface area contributed by atoms with Crippen LogP contribution < -0.4 is 10.0 Å². The van der Waals surface area contributed by atoms with Crippen LogP contribution >= 0.6 is 11.6 Å². The van der Waals surface area contributed by atoms with Crippen LogP contribution in [0.4, 0.5) is 14.5 Å². The third-order valence-electron chi connectivity index (χ3n) is 3.64. The van der Waals surface area contributed by atoms with Crippen LogP contribution in [0.2, 0.25) is 5.02 Å². The highest BCUT2D eigenvalue weighted by molar-refractivity contribution is 7.90. The number of benzene rings is 2. The van der Waals surface area contributed by atoms with Crippen molar-refractivity contribution in [3.8, 4) is 11.1 Å². The Morgan fingerprint density at radius 3 is 2.73 bits per heavy atom. The lowest BCUT2D eigenvalue weighted by Crippen LogP contribution is -2.41. The standard InChI is InChI=1S/C16H14ClF2N3O3S/c1-25-6-5-20-16-21-15-10(3-2-4-13(15)26(23,24)22-16)11-7-9(18)8-12(19)14(11)17/h2-4,7-8H,5-6H2,1H3,(H2,20,21,22). The van der Waals surface area contributed by atoms with E-state index in [0.717, 1.165) is 6.07 Å². The number of fused-ring (bicyclic) bond motifs is 1. The molecule has 138 valence electrons. The van der Waals surface area contributed by atoms with E-state index >= 15 is 0 Å². The van der Waals surface area contributed by atoms with E-state index in [2.05, 4.69) is 15.0 Å². The zero-order valence-electron chi connectivity index (χ0n) is 13.5. The fourth-order valence-electron chi connectivity index (χ4n) is 2.51. The zero-order chi connectivity index (χ0) is 18.9. The molecular weight excluding hydrogens is 388 g/mol. The van der Waals surface area contributed by atoms with Gasteiger partial charge in [0.25, 0.3) is 10.0 Å². The third kappa shape index (κ3) is 3.50. The summed E-state index contributed by atoms with van der Waals surface area (Å²) in [6.07, 6.45) is 0. The van der Waals surface area contributed by atoms with Crippen LogP contribution in [0.3, 0.4) is 0 Å². The summed E-state index contributed by atoms with van der Waals surface area (Å²) in [7, 11) is -2.41. The molecule has 0 aromatic heterocycles. The number of hydrogen-bond acceptors (Lipinski definition) is 4. The summed E-state index contributed by atoms with van der Waals surface area (Å²) >= 11 is 5.97. The minimum absolute atomic E-state index is 0.0185. The molecule has 0 saturated carbocycles. The molecular formula is C16H14ClF2N3O3S. The van der Waals surface area contributed by atoms with Gasteiger partial charge in [-0.15, -0.1) is 0 Å². The predicted octanol–water partition coefficient (Wildman–Crippen LogP) is 2.99. The van der Waals surface area contributed by atoms with Gasteiger partial charge in [0.15, 0.2) is 0 Å². The molecule has 2 N–H and O–H groups in total.